The van der Waals surface area contributed by atoms with E-state index in [0.717, 1.165) is 0 Å². The summed E-state index contributed by atoms with van der Waals surface area (Å²) in [6, 6.07) is 0. The number of alkyl halides is 1. The Bertz CT molecular complexity index is 579. The largest absolute Gasteiger partial charge is 0.382 e. The van der Waals surface area contributed by atoms with E-state index in [1.54, 1.807) is 10.9 Å². The highest BCUT2D eigenvalue weighted by molar-refractivity contribution is 6.19. The van der Waals surface area contributed by atoms with Crippen molar-refractivity contribution >= 4 is 34.5 Å². The summed E-state index contributed by atoms with van der Waals surface area (Å²) in [5.74, 6) is 6.30. The Morgan fingerprint density at radius 3 is 2.88 bits per heavy atom. The van der Waals surface area contributed by atoms with Crippen LogP contribution in [0.3, 0.4) is 0 Å². The predicted octanol–water partition coefficient (Wildman–Crippen LogP) is 0.233. The van der Waals surface area contributed by atoms with E-state index in [1.807, 2.05) is 0 Å². The highest BCUT2D eigenvalue weighted by Crippen LogP contribution is 2.16. The lowest BCUT2D eigenvalue weighted by molar-refractivity contribution is 0.857. The highest BCUT2D eigenvalue weighted by atomic mass is 35.5. The van der Waals surface area contributed by atoms with Gasteiger partial charge in [-0.1, -0.05) is 11.8 Å². The number of nitrogens with zero attached hydrogens (tertiary/aromatic N) is 4. The molecule has 0 aromatic carbocycles. The molecule has 0 atom stereocenters. The van der Waals surface area contributed by atoms with Crippen LogP contribution in [0.5, 0.6) is 0 Å². The van der Waals surface area contributed by atoms with Gasteiger partial charge in [-0.15, -0.1) is 11.6 Å². The molecule has 6 nitrogen and oxygen atoms in total. The molecule has 16 heavy (non-hydrogen) atoms. The van der Waals surface area contributed by atoms with E-state index < -0.39 is 0 Å². The Labute approximate surface area is 96.6 Å². The Kier molecular flexibility index (Phi) is 2.79. The second kappa shape index (κ2) is 4.24. The molecule has 4 N–H and O–H groups in total. The van der Waals surface area contributed by atoms with Crippen molar-refractivity contribution in [1.29, 1.82) is 0 Å². The maximum atomic E-state index is 5.66. The molecule has 0 amide bonds. The Morgan fingerprint density at radius 1 is 1.31 bits per heavy atom. The fraction of sp³-hybridized carbons (Fsp3) is 0.222. The molecule has 0 spiro atoms. The molecule has 2 aromatic rings. The summed E-state index contributed by atoms with van der Waals surface area (Å²) in [5.41, 5.74) is 12.3. The van der Waals surface area contributed by atoms with Gasteiger partial charge in [0.25, 0.3) is 0 Å². The molecular weight excluding hydrogens is 228 g/mol. The minimum Gasteiger partial charge on any atom is -0.382 e. The van der Waals surface area contributed by atoms with Crippen molar-refractivity contribution in [2.24, 2.45) is 0 Å². The van der Waals surface area contributed by atoms with Gasteiger partial charge in [-0.05, 0) is 0 Å². The number of anilines is 2. The maximum Gasteiger partial charge on any atom is 0.224 e. The summed E-state index contributed by atoms with van der Waals surface area (Å²) in [5, 5.41) is 0. The van der Waals surface area contributed by atoms with Gasteiger partial charge < -0.3 is 16.0 Å². The number of aromatic nitrogens is 4. The van der Waals surface area contributed by atoms with Crippen LogP contribution in [0.15, 0.2) is 6.33 Å². The highest BCUT2D eigenvalue weighted by Gasteiger charge is 2.08. The molecule has 7 heteroatoms. The number of rotatable bonds is 1. The predicted molar refractivity (Wildman–Crippen MR) is 62.6 cm³/mol. The van der Waals surface area contributed by atoms with Gasteiger partial charge in [0, 0.05) is 0 Å². The molecule has 0 radical (unpaired) electrons. The third kappa shape index (κ3) is 1.85. The first-order valence-electron chi connectivity index (χ1n) is 4.48. The van der Waals surface area contributed by atoms with E-state index in [9.17, 15) is 0 Å². The van der Waals surface area contributed by atoms with Crippen LogP contribution in [0.25, 0.3) is 11.2 Å². The molecule has 0 aliphatic rings. The lowest BCUT2D eigenvalue weighted by Crippen LogP contribution is -2.03. The summed E-state index contributed by atoms with van der Waals surface area (Å²) in [6.07, 6.45) is 1.60. The first kappa shape index (κ1) is 10.5. The molecule has 0 fully saturated rings. The summed E-state index contributed by atoms with van der Waals surface area (Å²) in [7, 11) is 0. The Hall–Kier alpha value is -2.00. The first-order valence-corrected chi connectivity index (χ1v) is 5.01. The van der Waals surface area contributed by atoms with Crippen LogP contribution in [0.1, 0.15) is 0 Å². The van der Waals surface area contributed by atoms with Gasteiger partial charge in [0.1, 0.15) is 5.52 Å². The van der Waals surface area contributed by atoms with Crippen LogP contribution in [-0.2, 0) is 6.54 Å². The molecule has 0 aliphatic carbocycles. The maximum absolute atomic E-state index is 5.66. The zero-order valence-electron chi connectivity index (χ0n) is 8.31. The van der Waals surface area contributed by atoms with Gasteiger partial charge in [0.15, 0.2) is 11.5 Å². The van der Waals surface area contributed by atoms with Gasteiger partial charge >= 0.3 is 0 Å². The van der Waals surface area contributed by atoms with Gasteiger partial charge in [-0.25, -0.2) is 4.98 Å². The summed E-state index contributed by atoms with van der Waals surface area (Å²) < 4.78 is 1.74. The third-order valence-electron chi connectivity index (χ3n) is 1.95. The molecule has 2 aromatic heterocycles. The lowest BCUT2D eigenvalue weighted by atomic mass is 10.5. The molecule has 0 saturated heterocycles. The second-order valence-electron chi connectivity index (χ2n) is 3.00. The van der Waals surface area contributed by atoms with E-state index in [2.05, 4.69) is 26.8 Å². The fourth-order valence-electron chi connectivity index (χ4n) is 1.29. The van der Waals surface area contributed by atoms with E-state index in [0.29, 0.717) is 23.6 Å². The fourth-order valence-corrected chi connectivity index (χ4v) is 1.38. The van der Waals surface area contributed by atoms with Crippen LogP contribution in [0.4, 0.5) is 11.8 Å². The van der Waals surface area contributed by atoms with Crippen LogP contribution >= 0.6 is 11.6 Å². The van der Waals surface area contributed by atoms with Crippen LogP contribution in [0, 0.1) is 11.8 Å². The Morgan fingerprint density at radius 2 is 2.12 bits per heavy atom. The van der Waals surface area contributed by atoms with E-state index in [4.69, 9.17) is 23.1 Å². The van der Waals surface area contributed by atoms with E-state index >= 15 is 0 Å². The number of hydrogen-bond donors (Lipinski definition) is 2. The minimum absolute atomic E-state index is 0.122. The van der Waals surface area contributed by atoms with E-state index in [-0.39, 0.29) is 11.8 Å². The monoisotopic (exact) mass is 236 g/mol. The molecular formula is C9H9ClN6. The number of nitrogen functional groups attached to an aromatic ring is 2. The zero-order chi connectivity index (χ0) is 11.5. The van der Waals surface area contributed by atoms with Crippen LogP contribution in [-0.4, -0.2) is 25.4 Å². The topological polar surface area (TPSA) is 95.6 Å². The molecule has 2 rings (SSSR count). The summed E-state index contributed by atoms with van der Waals surface area (Å²) in [6.45, 7) is 0.444. The Balaban J connectivity index is 2.47. The van der Waals surface area contributed by atoms with Crippen LogP contribution < -0.4 is 11.5 Å². The van der Waals surface area contributed by atoms with Crippen molar-refractivity contribution in [3.63, 3.8) is 0 Å². The number of hydrogen-bond acceptors (Lipinski definition) is 5. The molecule has 82 valence electrons. The van der Waals surface area contributed by atoms with Gasteiger partial charge in [0.05, 0.1) is 18.8 Å². The van der Waals surface area contributed by atoms with Crippen molar-refractivity contribution in [3.8, 4) is 11.8 Å². The van der Waals surface area contributed by atoms with Crippen molar-refractivity contribution in [1.82, 2.24) is 19.5 Å². The first-order chi connectivity index (χ1) is 7.72. The normalized spacial score (nSPS) is 10.1. The average molecular weight is 237 g/mol. The lowest BCUT2D eigenvalue weighted by Gasteiger charge is -1.99. The number of halogens is 1. The summed E-state index contributed by atoms with van der Waals surface area (Å²) >= 11 is 5.45. The average Bonchev–Trinajstić information content (AvgIpc) is 2.62. The van der Waals surface area contributed by atoms with E-state index in [1.165, 1.54) is 0 Å². The van der Waals surface area contributed by atoms with Gasteiger partial charge in [-0.3, -0.25) is 0 Å². The number of imidazole rings is 1. The minimum atomic E-state index is 0.122. The quantitative estimate of drug-likeness (QED) is 0.546. The summed E-state index contributed by atoms with van der Waals surface area (Å²) in [4.78, 5) is 12.0. The third-order valence-corrected chi connectivity index (χ3v) is 2.08. The smallest absolute Gasteiger partial charge is 0.224 e. The molecule has 0 unspecified atom stereocenters. The van der Waals surface area contributed by atoms with Crippen molar-refractivity contribution in [2.45, 2.75) is 6.54 Å². The second-order valence-corrected chi connectivity index (χ2v) is 3.27. The van der Waals surface area contributed by atoms with Crippen molar-refractivity contribution < 1.29 is 0 Å². The molecule has 0 bridgehead atoms. The number of fused-ring (bicyclic) bond motifs is 1. The van der Waals surface area contributed by atoms with Crippen LogP contribution in [0.2, 0.25) is 0 Å². The molecule has 0 saturated carbocycles. The standard InChI is InChI=1S/C9H9ClN6/c10-3-1-2-4-16-5-13-6-7(11)14-9(12)15-8(6)16/h5H,3-4H2,(H4,11,12,14,15). The SMILES string of the molecule is Nc1nc(N)c2ncn(CC#CCCl)c2n1. The van der Waals surface area contributed by atoms with Crippen molar-refractivity contribution in [3.05, 3.63) is 6.33 Å². The van der Waals surface area contributed by atoms with Gasteiger partial charge in [-0.2, -0.15) is 9.97 Å². The molecule has 0 aliphatic heterocycles. The van der Waals surface area contributed by atoms with Crippen molar-refractivity contribution in [2.75, 3.05) is 17.3 Å². The molecule has 2 heterocycles. The number of nitrogens with two attached hydrogens (primary N) is 2. The zero-order valence-corrected chi connectivity index (χ0v) is 9.07. The van der Waals surface area contributed by atoms with Gasteiger partial charge in [0.2, 0.25) is 5.95 Å².